The van der Waals surface area contributed by atoms with E-state index in [2.05, 4.69) is 15.6 Å². The number of benzene rings is 2. The molecule has 12 heteroatoms. The van der Waals surface area contributed by atoms with Crippen LogP contribution in [0.4, 0.5) is 5.69 Å². The fourth-order valence-corrected chi connectivity index (χ4v) is 7.43. The van der Waals surface area contributed by atoms with E-state index < -0.39 is 11.9 Å². The topological polar surface area (TPSA) is 135 Å². The predicted molar refractivity (Wildman–Crippen MR) is 186 cm³/mol. The molecule has 0 radical (unpaired) electrons. The van der Waals surface area contributed by atoms with Gasteiger partial charge in [0, 0.05) is 47.3 Å². The number of Topliss-reactive ketones (excluding diaryl/α,β-unsaturated/α-hetero) is 1. The summed E-state index contributed by atoms with van der Waals surface area (Å²) in [6.07, 6.45) is 5.98. The van der Waals surface area contributed by atoms with Crippen LogP contribution in [-0.4, -0.2) is 83.4 Å². The number of ketones is 1. The number of piperidine rings is 1. The van der Waals surface area contributed by atoms with E-state index in [1.54, 1.807) is 24.3 Å². The summed E-state index contributed by atoms with van der Waals surface area (Å²) in [6.45, 7) is 0.953. The molecule has 1 fully saturated rings. The Morgan fingerprint density at radius 1 is 1.15 bits per heavy atom. The molecule has 5 aromatic rings. The van der Waals surface area contributed by atoms with Gasteiger partial charge in [0.2, 0.25) is 0 Å². The van der Waals surface area contributed by atoms with Crippen molar-refractivity contribution in [1.82, 2.24) is 24.8 Å². The van der Waals surface area contributed by atoms with E-state index in [1.807, 2.05) is 73.6 Å². The van der Waals surface area contributed by atoms with Crippen LogP contribution in [0.25, 0.3) is 32.1 Å². The number of fused-ring (bicyclic) bond motifs is 2. The number of carbonyl (C=O) groups excluding carboxylic acids is 3. The number of hydrogen-bond donors (Lipinski definition) is 3. The number of aryl methyl sites for hydroxylation is 1. The number of methoxy groups -OCH3 is 1. The number of likely N-dealkylation sites (N-methyl/N-ethyl adjacent to an activating group) is 1. The van der Waals surface area contributed by atoms with Crippen LogP contribution in [0.15, 0.2) is 66.3 Å². The number of ether oxygens (including phenoxy) is 1. The number of rotatable bonds is 10. The zero-order chi connectivity index (χ0) is 33.2. The first-order chi connectivity index (χ1) is 22.7. The monoisotopic (exact) mass is 653 g/mol. The molecule has 2 atom stereocenters. The molecule has 0 spiro atoms. The van der Waals surface area contributed by atoms with Crippen molar-refractivity contribution < 1.29 is 19.1 Å². The maximum Gasteiger partial charge on any atom is 0.272 e. The van der Waals surface area contributed by atoms with E-state index in [0.717, 1.165) is 62.9 Å². The first-order valence-electron chi connectivity index (χ1n) is 15.6. The zero-order valence-electron chi connectivity index (χ0n) is 26.9. The SMILES string of the molecule is COc1cc(-c2csc3c(C(=O)N(N)C(C(=O)CN(C)C)C4CCCCN4)cncc23)ccc1NC(=O)c1cc2ccccc2n1C. The van der Waals surface area contributed by atoms with E-state index in [9.17, 15) is 14.4 Å². The van der Waals surface area contributed by atoms with Crippen LogP contribution in [0, 0.1) is 0 Å². The molecule has 6 rings (SSSR count). The highest BCUT2D eigenvalue weighted by atomic mass is 32.1. The van der Waals surface area contributed by atoms with Crippen LogP contribution >= 0.6 is 11.3 Å². The number of anilines is 1. The Balaban J connectivity index is 1.28. The molecule has 11 nitrogen and oxygen atoms in total. The number of carbonyl (C=O) groups is 3. The van der Waals surface area contributed by atoms with Crippen molar-refractivity contribution in [2.24, 2.45) is 12.9 Å². The quantitative estimate of drug-likeness (QED) is 0.113. The number of para-hydroxylation sites is 1. The summed E-state index contributed by atoms with van der Waals surface area (Å²) < 4.78 is 8.28. The van der Waals surface area contributed by atoms with Gasteiger partial charge in [0.1, 0.15) is 17.5 Å². The second-order valence-electron chi connectivity index (χ2n) is 12.1. The Morgan fingerprint density at radius 3 is 2.68 bits per heavy atom. The van der Waals surface area contributed by atoms with Crippen molar-refractivity contribution in [3.63, 3.8) is 0 Å². The maximum atomic E-state index is 13.9. The van der Waals surface area contributed by atoms with Crippen LogP contribution in [0.3, 0.4) is 0 Å². The molecule has 2 aromatic carbocycles. The van der Waals surface area contributed by atoms with E-state index in [1.165, 1.54) is 17.5 Å². The molecule has 1 aliphatic heterocycles. The van der Waals surface area contributed by atoms with Crippen molar-refractivity contribution in [3.05, 3.63) is 77.6 Å². The summed E-state index contributed by atoms with van der Waals surface area (Å²) >= 11 is 1.41. The van der Waals surface area contributed by atoms with Crippen LogP contribution in [0.5, 0.6) is 5.75 Å². The van der Waals surface area contributed by atoms with E-state index in [4.69, 9.17) is 10.6 Å². The molecule has 244 valence electrons. The van der Waals surface area contributed by atoms with Crippen molar-refractivity contribution >= 4 is 55.6 Å². The minimum absolute atomic E-state index is 0.114. The summed E-state index contributed by atoms with van der Waals surface area (Å²) in [5.74, 6) is 6.18. The normalized spacial score (nSPS) is 15.6. The van der Waals surface area contributed by atoms with Gasteiger partial charge in [-0.25, -0.2) is 5.84 Å². The molecular weight excluding hydrogens is 614 g/mol. The lowest BCUT2D eigenvalue weighted by Crippen LogP contribution is -2.61. The number of thiophene rings is 1. The Kier molecular flexibility index (Phi) is 9.37. The summed E-state index contributed by atoms with van der Waals surface area (Å²) in [6, 6.07) is 14.2. The number of aromatic nitrogens is 2. The van der Waals surface area contributed by atoms with Crippen LogP contribution in [0.1, 0.15) is 40.1 Å². The van der Waals surface area contributed by atoms with Crippen molar-refractivity contribution in [3.8, 4) is 16.9 Å². The van der Waals surface area contributed by atoms with Gasteiger partial charge in [-0.2, -0.15) is 0 Å². The van der Waals surface area contributed by atoms with Crippen LogP contribution in [-0.2, 0) is 11.8 Å². The van der Waals surface area contributed by atoms with Gasteiger partial charge in [0.05, 0.1) is 29.6 Å². The zero-order valence-corrected chi connectivity index (χ0v) is 27.8. The molecule has 2 unspecified atom stereocenters. The van der Waals surface area contributed by atoms with Gasteiger partial charge in [-0.15, -0.1) is 11.3 Å². The summed E-state index contributed by atoms with van der Waals surface area (Å²) in [5.41, 5.74) is 4.05. The standard InChI is InChI=1S/C35H39N7O4S/c1-40(2)19-30(43)32(27-10-7-8-14-38-27)42(36)35(45)24-18-37-17-23-25(20-47-33(23)24)21-12-13-26(31(16-21)46-4)39-34(44)29-15-22-9-5-6-11-28(22)41(29)3/h5-6,9,11-13,15-18,20,27,32,38H,7-8,10,14,19,36H2,1-4H3,(H,39,44). The average molecular weight is 654 g/mol. The third kappa shape index (κ3) is 6.37. The lowest BCUT2D eigenvalue weighted by atomic mass is 9.94. The van der Waals surface area contributed by atoms with Gasteiger partial charge in [-0.1, -0.05) is 30.7 Å². The predicted octanol–water partition coefficient (Wildman–Crippen LogP) is 4.67. The third-order valence-corrected chi connectivity index (χ3v) is 9.75. The summed E-state index contributed by atoms with van der Waals surface area (Å²) in [5, 5.41) is 11.2. The first kappa shape index (κ1) is 32.3. The van der Waals surface area contributed by atoms with Crippen LogP contribution < -0.4 is 21.2 Å². The molecule has 1 saturated heterocycles. The van der Waals surface area contributed by atoms with Gasteiger partial charge >= 0.3 is 0 Å². The van der Waals surface area contributed by atoms with Gasteiger partial charge in [0.25, 0.3) is 11.8 Å². The Bertz CT molecular complexity index is 1960. The van der Waals surface area contributed by atoms with Gasteiger partial charge in [0.15, 0.2) is 5.78 Å². The van der Waals surface area contributed by atoms with E-state index in [-0.39, 0.29) is 24.3 Å². The number of hydrazine groups is 1. The summed E-state index contributed by atoms with van der Waals surface area (Å²) in [4.78, 5) is 46.8. The van der Waals surface area contributed by atoms with E-state index >= 15 is 0 Å². The molecule has 2 amide bonds. The maximum absolute atomic E-state index is 13.9. The van der Waals surface area contributed by atoms with Crippen LogP contribution in [0.2, 0.25) is 0 Å². The molecule has 1 aliphatic rings. The number of amides is 2. The second-order valence-corrected chi connectivity index (χ2v) is 13.0. The number of nitrogens with one attached hydrogen (secondary N) is 2. The second kappa shape index (κ2) is 13.6. The van der Waals surface area contributed by atoms with Gasteiger partial charge in [-0.3, -0.25) is 24.4 Å². The number of nitrogens with zero attached hydrogens (tertiary/aromatic N) is 4. The fourth-order valence-electron chi connectivity index (χ4n) is 6.37. The lowest BCUT2D eigenvalue weighted by Gasteiger charge is -2.36. The van der Waals surface area contributed by atoms with E-state index in [0.29, 0.717) is 22.7 Å². The number of nitrogens with two attached hydrogens (primary N) is 1. The minimum atomic E-state index is -0.805. The Labute approximate surface area is 277 Å². The smallest absolute Gasteiger partial charge is 0.272 e. The minimum Gasteiger partial charge on any atom is -0.495 e. The van der Waals surface area contributed by atoms with Gasteiger partial charge < -0.3 is 24.8 Å². The highest BCUT2D eigenvalue weighted by Gasteiger charge is 2.37. The highest BCUT2D eigenvalue weighted by molar-refractivity contribution is 7.18. The number of hydrogen-bond acceptors (Lipinski definition) is 9. The molecule has 0 aliphatic carbocycles. The average Bonchev–Trinajstić information content (AvgIpc) is 3.66. The molecule has 0 bridgehead atoms. The largest absolute Gasteiger partial charge is 0.495 e. The molecular formula is C35H39N7O4S. The fraction of sp³-hybridized carbons (Fsp3) is 0.314. The molecule has 4 heterocycles. The Hall–Kier alpha value is -4.62. The molecule has 47 heavy (non-hydrogen) atoms. The third-order valence-electron chi connectivity index (χ3n) is 8.72. The first-order valence-corrected chi connectivity index (χ1v) is 16.4. The molecule has 4 N–H and O–H groups in total. The van der Waals surface area contributed by atoms with Crippen molar-refractivity contribution in [2.75, 3.05) is 39.6 Å². The van der Waals surface area contributed by atoms with Gasteiger partial charge in [-0.05, 0) is 68.7 Å². The van der Waals surface area contributed by atoms with Crippen molar-refractivity contribution in [2.45, 2.75) is 31.3 Å². The van der Waals surface area contributed by atoms with Crippen molar-refractivity contribution in [1.29, 1.82) is 0 Å². The highest BCUT2D eigenvalue weighted by Crippen LogP contribution is 2.39. The lowest BCUT2D eigenvalue weighted by molar-refractivity contribution is -0.125. The summed E-state index contributed by atoms with van der Waals surface area (Å²) in [7, 11) is 7.07. The molecule has 3 aromatic heterocycles. The molecule has 0 saturated carbocycles. The number of pyridine rings is 1. The Morgan fingerprint density at radius 2 is 1.96 bits per heavy atom.